The van der Waals surface area contributed by atoms with Crippen molar-refractivity contribution >= 4 is 34.9 Å². The standard InChI is InChI=1S/C23H24Cl2FN5O2/c24-15-5-13(6-16(26)8-15)21(10-27)31-23(32)20-7-14(11-28-20)18-9-22(29-12-19(18)25)30-17-1-3-33-4-2-17/h5-9,11-12,17,21,28H,1-4,10,27H2,(H,29,30)(H,31,32)/t21-/m1/s1. The minimum absolute atomic E-state index is 0.0799. The van der Waals surface area contributed by atoms with Crippen LogP contribution in [0.15, 0.2) is 42.7 Å². The first-order chi connectivity index (χ1) is 15.9. The Labute approximate surface area is 200 Å². The normalized spacial score (nSPS) is 15.3. The first-order valence-corrected chi connectivity index (χ1v) is 11.3. The minimum atomic E-state index is -0.600. The fourth-order valence-electron chi connectivity index (χ4n) is 3.76. The summed E-state index contributed by atoms with van der Waals surface area (Å²) in [5.41, 5.74) is 8.09. The molecular formula is C23H24Cl2FN5O2. The molecular weight excluding hydrogens is 468 g/mol. The number of nitrogens with one attached hydrogen (secondary N) is 3. The Morgan fingerprint density at radius 2 is 2.03 bits per heavy atom. The SMILES string of the molecule is NC[C@@H](NC(=O)c1cc(-c2cc(NC3CCOCC3)ncc2Cl)c[nH]1)c1cc(F)cc(Cl)c1. The van der Waals surface area contributed by atoms with Crippen LogP contribution in [0.5, 0.6) is 0 Å². The van der Waals surface area contributed by atoms with Crippen LogP contribution in [-0.4, -0.2) is 41.7 Å². The van der Waals surface area contributed by atoms with Crippen molar-refractivity contribution in [3.63, 3.8) is 0 Å². The Morgan fingerprint density at radius 3 is 2.76 bits per heavy atom. The summed E-state index contributed by atoms with van der Waals surface area (Å²) in [7, 11) is 0. The summed E-state index contributed by atoms with van der Waals surface area (Å²) in [6.07, 6.45) is 5.11. The van der Waals surface area contributed by atoms with Gasteiger partial charge in [-0.25, -0.2) is 9.37 Å². The molecule has 4 rings (SSSR count). The molecule has 1 aliphatic rings. The monoisotopic (exact) mass is 491 g/mol. The van der Waals surface area contributed by atoms with Gasteiger partial charge in [0.15, 0.2) is 0 Å². The van der Waals surface area contributed by atoms with Crippen molar-refractivity contribution in [2.75, 3.05) is 25.1 Å². The van der Waals surface area contributed by atoms with Gasteiger partial charge in [-0.15, -0.1) is 0 Å². The van der Waals surface area contributed by atoms with E-state index in [0.29, 0.717) is 22.1 Å². The van der Waals surface area contributed by atoms with Crippen LogP contribution in [0.25, 0.3) is 11.1 Å². The van der Waals surface area contributed by atoms with Crippen molar-refractivity contribution in [1.82, 2.24) is 15.3 Å². The average molecular weight is 492 g/mol. The summed E-state index contributed by atoms with van der Waals surface area (Å²) >= 11 is 12.3. The number of amides is 1. The number of H-pyrrole nitrogens is 1. The molecule has 5 N–H and O–H groups in total. The lowest BCUT2D eigenvalue weighted by Gasteiger charge is -2.23. The zero-order valence-electron chi connectivity index (χ0n) is 17.7. The lowest BCUT2D eigenvalue weighted by molar-refractivity contribution is 0.0903. The maximum atomic E-state index is 13.7. The predicted molar refractivity (Wildman–Crippen MR) is 127 cm³/mol. The zero-order chi connectivity index (χ0) is 23.4. The number of halogens is 3. The van der Waals surface area contributed by atoms with E-state index < -0.39 is 11.9 Å². The van der Waals surface area contributed by atoms with Gasteiger partial charge in [0.1, 0.15) is 17.3 Å². The molecule has 33 heavy (non-hydrogen) atoms. The van der Waals surface area contributed by atoms with Crippen LogP contribution in [0.3, 0.4) is 0 Å². The van der Waals surface area contributed by atoms with Gasteiger partial charge in [-0.05, 0) is 48.7 Å². The van der Waals surface area contributed by atoms with Crippen LogP contribution in [0.1, 0.15) is 34.9 Å². The number of aromatic amines is 1. The second kappa shape index (κ2) is 10.5. The average Bonchev–Trinajstić information content (AvgIpc) is 3.29. The van der Waals surface area contributed by atoms with Gasteiger partial charge in [0, 0.05) is 54.3 Å². The summed E-state index contributed by atoms with van der Waals surface area (Å²) in [6, 6.07) is 7.32. The molecule has 1 amide bonds. The highest BCUT2D eigenvalue weighted by molar-refractivity contribution is 6.33. The second-order valence-corrected chi connectivity index (χ2v) is 8.69. The fraction of sp³-hybridized carbons (Fsp3) is 0.304. The molecule has 0 saturated carbocycles. The Bertz CT molecular complexity index is 1110. The van der Waals surface area contributed by atoms with Gasteiger partial charge in [-0.2, -0.15) is 0 Å². The van der Waals surface area contributed by atoms with Crippen molar-refractivity contribution in [1.29, 1.82) is 0 Å². The fourth-order valence-corrected chi connectivity index (χ4v) is 4.20. The zero-order valence-corrected chi connectivity index (χ0v) is 19.2. The number of hydrogen-bond donors (Lipinski definition) is 4. The van der Waals surface area contributed by atoms with E-state index in [4.69, 9.17) is 33.7 Å². The molecule has 0 spiro atoms. The van der Waals surface area contributed by atoms with Crippen LogP contribution in [0, 0.1) is 5.82 Å². The maximum absolute atomic E-state index is 13.7. The van der Waals surface area contributed by atoms with Crippen LogP contribution in [-0.2, 0) is 4.74 Å². The summed E-state index contributed by atoms with van der Waals surface area (Å²) in [5.74, 6) is -0.174. The molecule has 1 saturated heterocycles. The van der Waals surface area contributed by atoms with Gasteiger partial charge in [-0.3, -0.25) is 4.79 Å². The minimum Gasteiger partial charge on any atom is -0.381 e. The van der Waals surface area contributed by atoms with E-state index in [1.807, 2.05) is 6.07 Å². The number of nitrogens with zero attached hydrogens (tertiary/aromatic N) is 1. The van der Waals surface area contributed by atoms with Crippen LogP contribution >= 0.6 is 23.2 Å². The van der Waals surface area contributed by atoms with Crippen molar-refractivity contribution in [2.24, 2.45) is 5.73 Å². The van der Waals surface area contributed by atoms with Crippen molar-refractivity contribution in [2.45, 2.75) is 24.9 Å². The van der Waals surface area contributed by atoms with E-state index in [1.54, 1.807) is 24.5 Å². The molecule has 0 radical (unpaired) electrons. The van der Waals surface area contributed by atoms with E-state index in [-0.39, 0.29) is 23.5 Å². The Balaban J connectivity index is 1.49. The van der Waals surface area contributed by atoms with E-state index in [9.17, 15) is 9.18 Å². The quantitative estimate of drug-likeness (QED) is 0.388. The third-order valence-corrected chi connectivity index (χ3v) is 6.01. The number of rotatable bonds is 7. The molecule has 1 fully saturated rings. The molecule has 3 heterocycles. The second-order valence-electron chi connectivity index (χ2n) is 7.85. The highest BCUT2D eigenvalue weighted by Gasteiger charge is 2.19. The third-order valence-electron chi connectivity index (χ3n) is 5.50. The van der Waals surface area contributed by atoms with E-state index in [2.05, 4.69) is 20.6 Å². The lowest BCUT2D eigenvalue weighted by Crippen LogP contribution is -2.33. The van der Waals surface area contributed by atoms with Crippen molar-refractivity contribution in [3.8, 4) is 11.1 Å². The number of carbonyl (C=O) groups is 1. The Hall–Kier alpha value is -2.65. The summed E-state index contributed by atoms with van der Waals surface area (Å²) in [5, 5.41) is 6.92. The molecule has 3 aromatic rings. The van der Waals surface area contributed by atoms with Crippen molar-refractivity contribution < 1.29 is 13.9 Å². The molecule has 2 aromatic heterocycles. The number of anilines is 1. The Morgan fingerprint density at radius 1 is 1.24 bits per heavy atom. The third kappa shape index (κ3) is 5.83. The van der Waals surface area contributed by atoms with Crippen molar-refractivity contribution in [3.05, 3.63) is 69.8 Å². The van der Waals surface area contributed by atoms with Crippen LogP contribution in [0.2, 0.25) is 10.0 Å². The van der Waals surface area contributed by atoms with E-state index in [1.165, 1.54) is 12.1 Å². The predicted octanol–water partition coefficient (Wildman–Crippen LogP) is 4.54. The smallest absolute Gasteiger partial charge is 0.268 e. The van der Waals surface area contributed by atoms with Crippen LogP contribution in [0.4, 0.5) is 10.2 Å². The number of aromatic nitrogens is 2. The molecule has 1 aliphatic heterocycles. The molecule has 0 bridgehead atoms. The number of pyridine rings is 1. The van der Waals surface area contributed by atoms with Gasteiger partial charge < -0.3 is 26.1 Å². The molecule has 1 atom stereocenters. The highest BCUT2D eigenvalue weighted by Crippen LogP contribution is 2.30. The van der Waals surface area contributed by atoms with Gasteiger partial charge in [0.05, 0.1) is 11.1 Å². The molecule has 7 nitrogen and oxygen atoms in total. The van der Waals surface area contributed by atoms with Gasteiger partial charge >= 0.3 is 0 Å². The van der Waals surface area contributed by atoms with Crippen LogP contribution < -0.4 is 16.4 Å². The van der Waals surface area contributed by atoms with Gasteiger partial charge in [0.2, 0.25) is 0 Å². The maximum Gasteiger partial charge on any atom is 0.268 e. The highest BCUT2D eigenvalue weighted by atomic mass is 35.5. The topological polar surface area (TPSA) is 105 Å². The number of nitrogens with two attached hydrogens (primary N) is 1. The van der Waals surface area contributed by atoms with E-state index >= 15 is 0 Å². The summed E-state index contributed by atoms with van der Waals surface area (Å²) in [4.78, 5) is 20.2. The van der Waals surface area contributed by atoms with Gasteiger partial charge in [-0.1, -0.05) is 23.2 Å². The number of ether oxygens (including phenoxy) is 1. The Kier molecular flexibility index (Phi) is 7.49. The van der Waals surface area contributed by atoms with E-state index in [0.717, 1.165) is 37.2 Å². The molecule has 0 aliphatic carbocycles. The molecule has 1 aromatic carbocycles. The summed E-state index contributed by atoms with van der Waals surface area (Å²) in [6.45, 7) is 1.52. The number of benzene rings is 1. The van der Waals surface area contributed by atoms with Gasteiger partial charge in [0.25, 0.3) is 5.91 Å². The molecule has 174 valence electrons. The first kappa shape index (κ1) is 23.5. The summed E-state index contributed by atoms with van der Waals surface area (Å²) < 4.78 is 19.1. The first-order valence-electron chi connectivity index (χ1n) is 10.6. The lowest BCUT2D eigenvalue weighted by atomic mass is 10.1. The number of hydrogen-bond acceptors (Lipinski definition) is 5. The largest absolute Gasteiger partial charge is 0.381 e. The number of carbonyl (C=O) groups excluding carboxylic acids is 1. The molecule has 10 heteroatoms. The molecule has 0 unspecified atom stereocenters.